The van der Waals surface area contributed by atoms with Crippen molar-refractivity contribution in [2.24, 2.45) is 0 Å². The zero-order valence-electron chi connectivity index (χ0n) is 13.4. The lowest BCUT2D eigenvalue weighted by atomic mass is 10.1. The summed E-state index contributed by atoms with van der Waals surface area (Å²) < 4.78 is 17.8. The lowest BCUT2D eigenvalue weighted by Crippen LogP contribution is -2.37. The summed E-state index contributed by atoms with van der Waals surface area (Å²) in [6.45, 7) is 1.61. The molecule has 1 fully saturated rings. The summed E-state index contributed by atoms with van der Waals surface area (Å²) in [5.74, 6) is -0.243. The zero-order valence-corrected chi connectivity index (χ0v) is 13.4. The summed E-state index contributed by atoms with van der Waals surface area (Å²) in [7, 11) is 1.60. The number of methoxy groups -OCH3 is 1. The molecule has 23 heavy (non-hydrogen) atoms. The molecule has 5 nitrogen and oxygen atoms in total. The number of carbonyl (C=O) groups excluding carboxylic acids is 2. The normalized spacial score (nSPS) is 17.6. The van der Waals surface area contributed by atoms with Crippen LogP contribution in [0.15, 0.2) is 24.3 Å². The van der Waals surface area contributed by atoms with Gasteiger partial charge in [0.1, 0.15) is 5.82 Å². The molecule has 2 rings (SSSR count). The largest absolute Gasteiger partial charge is 0.383 e. The van der Waals surface area contributed by atoms with Crippen molar-refractivity contribution in [3.63, 3.8) is 0 Å². The number of halogens is 1. The number of aryl methyl sites for hydroxylation is 1. The fourth-order valence-electron chi connectivity index (χ4n) is 2.69. The number of likely N-dealkylation sites (tertiary alicyclic amines) is 1. The van der Waals surface area contributed by atoms with E-state index in [4.69, 9.17) is 4.74 Å². The van der Waals surface area contributed by atoms with Crippen LogP contribution in [0.1, 0.15) is 24.8 Å². The molecule has 1 aliphatic rings. The number of benzene rings is 1. The van der Waals surface area contributed by atoms with E-state index in [0.29, 0.717) is 39.0 Å². The molecule has 1 unspecified atom stereocenters. The Labute approximate surface area is 135 Å². The van der Waals surface area contributed by atoms with E-state index >= 15 is 0 Å². The molecule has 0 radical (unpaired) electrons. The third-order valence-electron chi connectivity index (χ3n) is 3.93. The van der Waals surface area contributed by atoms with E-state index in [1.165, 1.54) is 12.1 Å². The molecular weight excluding hydrogens is 299 g/mol. The molecule has 0 saturated carbocycles. The van der Waals surface area contributed by atoms with E-state index in [-0.39, 0.29) is 23.7 Å². The third-order valence-corrected chi connectivity index (χ3v) is 3.93. The summed E-state index contributed by atoms with van der Waals surface area (Å²) in [5, 5.41) is 2.91. The second kappa shape index (κ2) is 8.62. The van der Waals surface area contributed by atoms with Crippen LogP contribution in [0.2, 0.25) is 0 Å². The third kappa shape index (κ3) is 5.63. The molecule has 1 N–H and O–H groups in total. The van der Waals surface area contributed by atoms with Gasteiger partial charge >= 0.3 is 0 Å². The molecule has 0 bridgehead atoms. The number of nitrogens with one attached hydrogen (secondary N) is 1. The maximum absolute atomic E-state index is 12.8. The van der Waals surface area contributed by atoms with Crippen LogP contribution in [-0.2, 0) is 20.7 Å². The molecule has 0 aliphatic carbocycles. The smallest absolute Gasteiger partial charge is 0.224 e. The average molecular weight is 322 g/mol. The maximum Gasteiger partial charge on any atom is 0.224 e. The van der Waals surface area contributed by atoms with Crippen LogP contribution in [0.25, 0.3) is 0 Å². The Morgan fingerprint density at radius 2 is 2.13 bits per heavy atom. The van der Waals surface area contributed by atoms with Gasteiger partial charge in [-0.15, -0.1) is 0 Å². The Hall–Kier alpha value is -1.95. The van der Waals surface area contributed by atoms with Gasteiger partial charge < -0.3 is 15.0 Å². The molecule has 6 heteroatoms. The SMILES string of the molecule is COCCN1CC(NC(=O)CCCc2ccc(F)cc2)CC1=O. The van der Waals surface area contributed by atoms with Gasteiger partial charge in [-0.2, -0.15) is 0 Å². The predicted octanol–water partition coefficient (Wildman–Crippen LogP) is 1.51. The van der Waals surface area contributed by atoms with Crippen LogP contribution in [-0.4, -0.2) is 49.6 Å². The quantitative estimate of drug-likeness (QED) is 0.789. The van der Waals surface area contributed by atoms with Crippen molar-refractivity contribution in [1.29, 1.82) is 0 Å². The van der Waals surface area contributed by atoms with Crippen LogP contribution in [0.4, 0.5) is 4.39 Å². The van der Waals surface area contributed by atoms with Crippen molar-refractivity contribution in [1.82, 2.24) is 10.2 Å². The van der Waals surface area contributed by atoms with Crippen molar-refractivity contribution in [2.45, 2.75) is 31.7 Å². The monoisotopic (exact) mass is 322 g/mol. The van der Waals surface area contributed by atoms with Crippen molar-refractivity contribution in [3.05, 3.63) is 35.6 Å². The van der Waals surface area contributed by atoms with Gasteiger partial charge in [-0.25, -0.2) is 4.39 Å². The van der Waals surface area contributed by atoms with Gasteiger partial charge in [0, 0.05) is 33.0 Å². The average Bonchev–Trinajstić information content (AvgIpc) is 2.86. The van der Waals surface area contributed by atoms with Crippen molar-refractivity contribution in [2.75, 3.05) is 26.8 Å². The topological polar surface area (TPSA) is 58.6 Å². The summed E-state index contributed by atoms with van der Waals surface area (Å²) in [4.78, 5) is 25.4. The van der Waals surface area contributed by atoms with Crippen LogP contribution in [0.3, 0.4) is 0 Å². The van der Waals surface area contributed by atoms with Gasteiger partial charge in [0.2, 0.25) is 11.8 Å². The van der Waals surface area contributed by atoms with E-state index in [0.717, 1.165) is 12.0 Å². The van der Waals surface area contributed by atoms with Crippen molar-refractivity contribution >= 4 is 11.8 Å². The standard InChI is InChI=1S/C17H23FN2O3/c1-23-10-9-20-12-15(11-17(20)22)19-16(21)4-2-3-13-5-7-14(18)8-6-13/h5-8,15H,2-4,9-12H2,1H3,(H,19,21). The van der Waals surface area contributed by atoms with E-state index in [2.05, 4.69) is 5.32 Å². The number of ether oxygens (including phenoxy) is 1. The highest BCUT2D eigenvalue weighted by Gasteiger charge is 2.29. The van der Waals surface area contributed by atoms with Crippen LogP contribution < -0.4 is 5.32 Å². The maximum atomic E-state index is 12.8. The Morgan fingerprint density at radius 1 is 1.39 bits per heavy atom. The van der Waals surface area contributed by atoms with E-state index in [1.54, 1.807) is 24.1 Å². The Morgan fingerprint density at radius 3 is 2.83 bits per heavy atom. The number of hydrogen-bond donors (Lipinski definition) is 1. The van der Waals surface area contributed by atoms with E-state index in [1.807, 2.05) is 0 Å². The number of hydrogen-bond acceptors (Lipinski definition) is 3. The highest BCUT2D eigenvalue weighted by atomic mass is 19.1. The van der Waals surface area contributed by atoms with Gasteiger partial charge in [-0.05, 0) is 30.5 Å². The van der Waals surface area contributed by atoms with Gasteiger partial charge in [0.05, 0.1) is 12.6 Å². The molecule has 0 spiro atoms. The molecule has 1 aromatic carbocycles. The predicted molar refractivity (Wildman–Crippen MR) is 84.3 cm³/mol. The zero-order chi connectivity index (χ0) is 16.7. The molecule has 2 amide bonds. The molecule has 1 aliphatic heterocycles. The minimum Gasteiger partial charge on any atom is -0.383 e. The van der Waals surface area contributed by atoms with E-state index < -0.39 is 0 Å². The Kier molecular flexibility index (Phi) is 6.52. The first-order valence-corrected chi connectivity index (χ1v) is 7.89. The Balaban J connectivity index is 1.67. The first-order valence-electron chi connectivity index (χ1n) is 7.89. The summed E-state index contributed by atoms with van der Waals surface area (Å²) in [6.07, 6.45) is 2.19. The fourth-order valence-corrected chi connectivity index (χ4v) is 2.69. The number of carbonyl (C=O) groups is 2. The van der Waals surface area contributed by atoms with Gasteiger partial charge in [-0.3, -0.25) is 9.59 Å². The first-order chi connectivity index (χ1) is 11.1. The summed E-state index contributed by atoms with van der Waals surface area (Å²) in [5.41, 5.74) is 1.01. The van der Waals surface area contributed by atoms with Crippen molar-refractivity contribution in [3.8, 4) is 0 Å². The van der Waals surface area contributed by atoms with Gasteiger partial charge in [0.15, 0.2) is 0 Å². The van der Waals surface area contributed by atoms with Gasteiger partial charge in [0.25, 0.3) is 0 Å². The summed E-state index contributed by atoms with van der Waals surface area (Å²) in [6, 6.07) is 6.20. The number of rotatable bonds is 8. The lowest BCUT2D eigenvalue weighted by molar-refractivity contribution is -0.128. The lowest BCUT2D eigenvalue weighted by Gasteiger charge is -2.16. The van der Waals surface area contributed by atoms with E-state index in [9.17, 15) is 14.0 Å². The van der Waals surface area contributed by atoms with Gasteiger partial charge in [-0.1, -0.05) is 12.1 Å². The molecule has 0 aromatic heterocycles. The highest BCUT2D eigenvalue weighted by Crippen LogP contribution is 2.12. The first kappa shape index (κ1) is 17.4. The molecule has 1 saturated heterocycles. The molecule has 126 valence electrons. The van der Waals surface area contributed by atoms with Crippen molar-refractivity contribution < 1.29 is 18.7 Å². The minimum atomic E-state index is -0.254. The van der Waals surface area contributed by atoms with Crippen LogP contribution in [0.5, 0.6) is 0 Å². The number of nitrogens with zero attached hydrogens (tertiary/aromatic N) is 1. The van der Waals surface area contributed by atoms with Crippen LogP contribution in [0, 0.1) is 5.82 Å². The molecule has 1 heterocycles. The fraction of sp³-hybridized carbons (Fsp3) is 0.529. The molecular formula is C17H23FN2O3. The second-order valence-electron chi connectivity index (χ2n) is 5.78. The Bertz CT molecular complexity index is 533. The molecule has 1 aromatic rings. The highest BCUT2D eigenvalue weighted by molar-refractivity contribution is 5.82. The van der Waals surface area contributed by atoms with Crippen LogP contribution >= 0.6 is 0 Å². The summed E-state index contributed by atoms with van der Waals surface area (Å²) >= 11 is 0. The number of amides is 2. The molecule has 1 atom stereocenters. The second-order valence-corrected chi connectivity index (χ2v) is 5.78. The minimum absolute atomic E-state index is 0.0431.